The lowest BCUT2D eigenvalue weighted by atomic mass is 10.0. The number of imidazole rings is 1. The Labute approximate surface area is 102 Å². The molecular weight excluding hydrogens is 216 g/mol. The van der Waals surface area contributed by atoms with Crippen LogP contribution in [-0.4, -0.2) is 22.3 Å². The quantitative estimate of drug-likeness (QED) is 0.599. The lowest BCUT2D eigenvalue weighted by Crippen LogP contribution is -2.31. The van der Waals surface area contributed by atoms with Crippen molar-refractivity contribution in [2.75, 3.05) is 6.61 Å². The topological polar surface area (TPSA) is 65.1 Å². The van der Waals surface area contributed by atoms with E-state index in [9.17, 15) is 0 Å². The largest absolute Gasteiger partial charge is 0.378 e. The molecule has 17 heavy (non-hydrogen) atoms. The Bertz CT molecular complexity index is 333. The molecule has 0 spiro atoms. The number of nitrogens with two attached hydrogens (primary N) is 1. The molecule has 0 aliphatic carbocycles. The molecule has 2 atom stereocenters. The smallest absolute Gasteiger partial charge is 0.126 e. The Morgan fingerprint density at radius 1 is 1.65 bits per heavy atom. The standard InChI is InChI=1S/C12H22N4O/c1-16-8-7-14-12(16)11(15-13)6-5-10-4-2-3-9-17-10/h7-8,10-11,15H,2-6,9,13H2,1H3. The molecule has 2 unspecified atom stereocenters. The minimum atomic E-state index is 0.112. The van der Waals surface area contributed by atoms with Gasteiger partial charge in [-0.2, -0.15) is 0 Å². The van der Waals surface area contributed by atoms with Gasteiger partial charge in [0, 0.05) is 26.0 Å². The van der Waals surface area contributed by atoms with Gasteiger partial charge in [-0.25, -0.2) is 10.4 Å². The van der Waals surface area contributed by atoms with E-state index in [4.69, 9.17) is 10.6 Å². The molecule has 1 fully saturated rings. The van der Waals surface area contributed by atoms with E-state index >= 15 is 0 Å². The molecule has 5 nitrogen and oxygen atoms in total. The van der Waals surface area contributed by atoms with Gasteiger partial charge in [-0.05, 0) is 32.1 Å². The Kier molecular flexibility index (Phi) is 4.53. The van der Waals surface area contributed by atoms with E-state index in [1.807, 2.05) is 17.8 Å². The number of ether oxygens (including phenoxy) is 1. The fourth-order valence-electron chi connectivity index (χ4n) is 2.39. The summed E-state index contributed by atoms with van der Waals surface area (Å²) in [6.07, 6.45) is 9.82. The Balaban J connectivity index is 1.85. The molecule has 5 heteroatoms. The van der Waals surface area contributed by atoms with Gasteiger partial charge in [0.25, 0.3) is 0 Å². The van der Waals surface area contributed by atoms with Crippen molar-refractivity contribution in [2.45, 2.75) is 44.2 Å². The Hall–Kier alpha value is -0.910. The van der Waals surface area contributed by atoms with E-state index < -0.39 is 0 Å². The molecule has 0 saturated carbocycles. The van der Waals surface area contributed by atoms with Crippen LogP contribution in [0.4, 0.5) is 0 Å². The second kappa shape index (κ2) is 6.14. The zero-order valence-corrected chi connectivity index (χ0v) is 10.4. The summed E-state index contributed by atoms with van der Waals surface area (Å²) in [5.74, 6) is 6.59. The normalized spacial score (nSPS) is 22.6. The van der Waals surface area contributed by atoms with Crippen LogP contribution in [-0.2, 0) is 11.8 Å². The SMILES string of the molecule is Cn1ccnc1C(CCC1CCCCO1)NN. The molecule has 1 aromatic rings. The van der Waals surface area contributed by atoms with Crippen molar-refractivity contribution in [3.8, 4) is 0 Å². The van der Waals surface area contributed by atoms with Crippen LogP contribution in [0.15, 0.2) is 12.4 Å². The van der Waals surface area contributed by atoms with Crippen LogP contribution < -0.4 is 11.3 Å². The van der Waals surface area contributed by atoms with E-state index in [2.05, 4.69) is 10.4 Å². The minimum Gasteiger partial charge on any atom is -0.378 e. The summed E-state index contributed by atoms with van der Waals surface area (Å²) in [5, 5.41) is 0. The summed E-state index contributed by atoms with van der Waals surface area (Å²) >= 11 is 0. The van der Waals surface area contributed by atoms with Crippen LogP contribution in [0.25, 0.3) is 0 Å². The predicted octanol–water partition coefficient (Wildman–Crippen LogP) is 1.27. The number of hydrogen-bond donors (Lipinski definition) is 2. The van der Waals surface area contributed by atoms with E-state index in [0.717, 1.165) is 25.3 Å². The van der Waals surface area contributed by atoms with Gasteiger partial charge in [0.1, 0.15) is 5.82 Å². The fraction of sp³-hybridized carbons (Fsp3) is 0.750. The van der Waals surface area contributed by atoms with E-state index in [0.29, 0.717) is 6.10 Å². The van der Waals surface area contributed by atoms with Crippen molar-refractivity contribution >= 4 is 0 Å². The molecule has 0 bridgehead atoms. The van der Waals surface area contributed by atoms with Gasteiger partial charge < -0.3 is 9.30 Å². The number of aromatic nitrogens is 2. The maximum Gasteiger partial charge on any atom is 0.126 e. The van der Waals surface area contributed by atoms with Gasteiger partial charge in [0.05, 0.1) is 12.1 Å². The third-order valence-corrected chi connectivity index (χ3v) is 3.42. The van der Waals surface area contributed by atoms with E-state index in [-0.39, 0.29) is 6.04 Å². The summed E-state index contributed by atoms with van der Waals surface area (Å²) in [4.78, 5) is 4.33. The lowest BCUT2D eigenvalue weighted by molar-refractivity contribution is 0.00836. The van der Waals surface area contributed by atoms with Crippen molar-refractivity contribution in [3.63, 3.8) is 0 Å². The predicted molar refractivity (Wildman–Crippen MR) is 66.1 cm³/mol. The highest BCUT2D eigenvalue weighted by Crippen LogP contribution is 2.22. The maximum atomic E-state index is 5.72. The summed E-state index contributed by atoms with van der Waals surface area (Å²) in [6.45, 7) is 0.911. The monoisotopic (exact) mass is 238 g/mol. The number of aryl methyl sites for hydroxylation is 1. The molecule has 1 saturated heterocycles. The van der Waals surface area contributed by atoms with Crippen molar-refractivity contribution in [3.05, 3.63) is 18.2 Å². The Morgan fingerprint density at radius 2 is 2.53 bits per heavy atom. The molecule has 96 valence electrons. The van der Waals surface area contributed by atoms with Crippen molar-refractivity contribution < 1.29 is 4.74 Å². The highest BCUT2D eigenvalue weighted by atomic mass is 16.5. The molecule has 1 aromatic heterocycles. The van der Waals surface area contributed by atoms with Crippen molar-refractivity contribution in [2.24, 2.45) is 12.9 Å². The zero-order chi connectivity index (χ0) is 12.1. The molecule has 2 heterocycles. The van der Waals surface area contributed by atoms with Gasteiger partial charge in [-0.15, -0.1) is 0 Å². The van der Waals surface area contributed by atoms with Crippen LogP contribution in [0.1, 0.15) is 44.0 Å². The number of nitrogens with zero attached hydrogens (tertiary/aromatic N) is 2. The fourth-order valence-corrected chi connectivity index (χ4v) is 2.39. The Morgan fingerprint density at radius 3 is 3.12 bits per heavy atom. The van der Waals surface area contributed by atoms with Gasteiger partial charge in [-0.3, -0.25) is 5.84 Å². The molecule has 0 radical (unpaired) electrons. The highest BCUT2D eigenvalue weighted by molar-refractivity contribution is 4.98. The second-order valence-corrected chi connectivity index (χ2v) is 4.68. The number of hydrazine groups is 1. The second-order valence-electron chi connectivity index (χ2n) is 4.68. The molecule has 0 amide bonds. The first-order valence-electron chi connectivity index (χ1n) is 6.36. The average Bonchev–Trinajstić information content (AvgIpc) is 2.78. The summed E-state index contributed by atoms with van der Waals surface area (Å²) in [6, 6.07) is 0.112. The summed E-state index contributed by atoms with van der Waals surface area (Å²) in [5.41, 5.74) is 2.85. The molecule has 0 aromatic carbocycles. The molecular formula is C12H22N4O. The number of hydrogen-bond acceptors (Lipinski definition) is 4. The van der Waals surface area contributed by atoms with Crippen LogP contribution in [0.3, 0.4) is 0 Å². The number of rotatable bonds is 5. The average molecular weight is 238 g/mol. The number of nitrogens with one attached hydrogen (secondary N) is 1. The zero-order valence-electron chi connectivity index (χ0n) is 10.4. The first kappa shape index (κ1) is 12.5. The first-order valence-corrected chi connectivity index (χ1v) is 6.36. The first-order chi connectivity index (χ1) is 8.31. The van der Waals surface area contributed by atoms with Crippen LogP contribution >= 0.6 is 0 Å². The van der Waals surface area contributed by atoms with Gasteiger partial charge >= 0.3 is 0 Å². The molecule has 2 rings (SSSR count). The van der Waals surface area contributed by atoms with Crippen molar-refractivity contribution in [1.82, 2.24) is 15.0 Å². The van der Waals surface area contributed by atoms with Crippen LogP contribution in [0.2, 0.25) is 0 Å². The molecule has 1 aliphatic rings. The van der Waals surface area contributed by atoms with Crippen molar-refractivity contribution in [1.29, 1.82) is 0 Å². The third kappa shape index (κ3) is 3.28. The van der Waals surface area contributed by atoms with Crippen LogP contribution in [0, 0.1) is 0 Å². The van der Waals surface area contributed by atoms with Gasteiger partial charge in [0.2, 0.25) is 0 Å². The summed E-state index contributed by atoms with van der Waals surface area (Å²) in [7, 11) is 1.99. The third-order valence-electron chi connectivity index (χ3n) is 3.42. The van der Waals surface area contributed by atoms with Gasteiger partial charge in [0.15, 0.2) is 0 Å². The van der Waals surface area contributed by atoms with Gasteiger partial charge in [-0.1, -0.05) is 0 Å². The van der Waals surface area contributed by atoms with E-state index in [1.54, 1.807) is 6.20 Å². The highest BCUT2D eigenvalue weighted by Gasteiger charge is 2.19. The maximum absolute atomic E-state index is 5.72. The minimum absolute atomic E-state index is 0.112. The molecule has 3 N–H and O–H groups in total. The summed E-state index contributed by atoms with van der Waals surface area (Å²) < 4.78 is 7.73. The van der Waals surface area contributed by atoms with E-state index in [1.165, 1.54) is 19.3 Å². The van der Waals surface area contributed by atoms with Crippen LogP contribution in [0.5, 0.6) is 0 Å². The lowest BCUT2D eigenvalue weighted by Gasteiger charge is -2.24. The molecule has 1 aliphatic heterocycles.